The molecule has 10 nitrogen and oxygen atoms in total. The molecule has 2 amide bonds. The lowest BCUT2D eigenvalue weighted by Gasteiger charge is -2.27. The second kappa shape index (κ2) is 14.3. The van der Waals surface area contributed by atoms with Crippen LogP contribution in [0.4, 0.5) is 9.59 Å². The topological polar surface area (TPSA) is 116 Å². The number of imidazole rings is 2. The predicted octanol–water partition coefficient (Wildman–Crippen LogP) is 9.83. The van der Waals surface area contributed by atoms with E-state index in [9.17, 15) is 9.59 Å². The molecule has 2 fully saturated rings. The Labute approximate surface area is 309 Å². The maximum absolute atomic E-state index is 13.0. The minimum atomic E-state index is -0.542. The third-order valence-corrected chi connectivity index (χ3v) is 10.1. The molecule has 270 valence electrons. The third-order valence-electron chi connectivity index (χ3n) is 10.1. The first-order valence-electron chi connectivity index (χ1n) is 18.4. The number of nitrogens with one attached hydrogen (secondary N) is 2. The Kier molecular flexibility index (Phi) is 9.20. The van der Waals surface area contributed by atoms with Gasteiger partial charge in [0.15, 0.2) is 0 Å². The number of aromatic amines is 2. The monoisotopic (exact) mass is 708 g/mol. The van der Waals surface area contributed by atoms with Crippen molar-refractivity contribution in [3.63, 3.8) is 0 Å². The van der Waals surface area contributed by atoms with E-state index in [0.29, 0.717) is 13.1 Å². The first-order chi connectivity index (χ1) is 25.7. The van der Waals surface area contributed by atoms with Crippen LogP contribution in [0.1, 0.15) is 75.8 Å². The molecule has 2 aromatic heterocycles. The number of H-pyrrole nitrogens is 2. The van der Waals surface area contributed by atoms with E-state index in [-0.39, 0.29) is 30.9 Å². The Hall–Kier alpha value is -5.90. The van der Waals surface area contributed by atoms with Crippen molar-refractivity contribution in [2.24, 2.45) is 0 Å². The van der Waals surface area contributed by atoms with Gasteiger partial charge >= 0.3 is 12.2 Å². The van der Waals surface area contributed by atoms with Crippen molar-refractivity contribution in [1.29, 1.82) is 0 Å². The molecule has 2 aliphatic heterocycles. The Morgan fingerprint density at radius 1 is 0.679 bits per heavy atom. The maximum atomic E-state index is 13.0. The number of nitrogens with zero attached hydrogens (tertiary/aromatic N) is 4. The fourth-order valence-electron chi connectivity index (χ4n) is 7.40. The number of rotatable bonds is 7. The molecule has 4 aromatic carbocycles. The van der Waals surface area contributed by atoms with Gasteiger partial charge in [0.2, 0.25) is 0 Å². The number of hydrogen-bond donors (Lipinski definition) is 2. The summed E-state index contributed by atoms with van der Waals surface area (Å²) in [7, 11) is 0. The molecule has 2 N–H and O–H groups in total. The molecule has 2 saturated heterocycles. The number of hydrogen-bond acceptors (Lipinski definition) is 6. The first kappa shape index (κ1) is 34.2. The van der Waals surface area contributed by atoms with Crippen molar-refractivity contribution < 1.29 is 19.1 Å². The lowest BCUT2D eigenvalue weighted by molar-refractivity contribution is 0.0218. The van der Waals surface area contributed by atoms with E-state index < -0.39 is 5.60 Å². The largest absolute Gasteiger partial charge is 0.445 e. The molecule has 0 aliphatic carbocycles. The third kappa shape index (κ3) is 7.40. The van der Waals surface area contributed by atoms with Crippen LogP contribution >= 0.6 is 0 Å². The fraction of sp³-hybridized carbons (Fsp3) is 0.302. The fourth-order valence-corrected chi connectivity index (χ4v) is 7.40. The van der Waals surface area contributed by atoms with Gasteiger partial charge in [0.05, 0.1) is 35.9 Å². The number of ether oxygens (including phenoxy) is 2. The summed E-state index contributed by atoms with van der Waals surface area (Å²) in [5, 5.41) is 2.27. The first-order valence-corrected chi connectivity index (χ1v) is 18.4. The molecule has 2 aliphatic rings. The smallest absolute Gasteiger partial charge is 0.410 e. The Morgan fingerprint density at radius 3 is 1.83 bits per heavy atom. The van der Waals surface area contributed by atoms with Crippen molar-refractivity contribution >= 4 is 23.0 Å². The van der Waals surface area contributed by atoms with E-state index >= 15 is 0 Å². The summed E-state index contributed by atoms with van der Waals surface area (Å²) in [6, 6.07) is 30.9. The minimum Gasteiger partial charge on any atom is -0.445 e. The summed E-state index contributed by atoms with van der Waals surface area (Å²) in [5.41, 5.74) is 6.57. The molecule has 0 bridgehead atoms. The van der Waals surface area contributed by atoms with Crippen LogP contribution in [0.3, 0.4) is 0 Å². The van der Waals surface area contributed by atoms with Crippen molar-refractivity contribution in [2.75, 3.05) is 13.1 Å². The second-order valence-electron chi connectivity index (χ2n) is 14.9. The number of amides is 2. The highest BCUT2D eigenvalue weighted by molar-refractivity contribution is 5.90. The van der Waals surface area contributed by atoms with Gasteiger partial charge in [-0.25, -0.2) is 19.6 Å². The molecule has 6 aromatic rings. The number of carbonyl (C=O) groups is 2. The molecule has 53 heavy (non-hydrogen) atoms. The van der Waals surface area contributed by atoms with Crippen molar-refractivity contribution in [2.45, 2.75) is 70.7 Å². The lowest BCUT2D eigenvalue weighted by Crippen LogP contribution is -2.36. The molecule has 0 unspecified atom stereocenters. The molecule has 0 saturated carbocycles. The van der Waals surface area contributed by atoms with Crippen LogP contribution in [0.2, 0.25) is 0 Å². The summed E-state index contributed by atoms with van der Waals surface area (Å²) >= 11 is 0. The van der Waals surface area contributed by atoms with E-state index in [2.05, 4.69) is 80.6 Å². The molecule has 2 atom stereocenters. The van der Waals surface area contributed by atoms with Gasteiger partial charge in [-0.15, -0.1) is 0 Å². The van der Waals surface area contributed by atoms with Gasteiger partial charge in [-0.3, -0.25) is 9.80 Å². The molecular weight excluding hydrogens is 665 g/mol. The molecule has 0 spiro atoms. The normalized spacial score (nSPS) is 17.4. The molecular formula is C43H44N6O4. The van der Waals surface area contributed by atoms with Crippen LogP contribution in [0.5, 0.6) is 0 Å². The van der Waals surface area contributed by atoms with Gasteiger partial charge in [0.25, 0.3) is 0 Å². The zero-order valence-electron chi connectivity index (χ0n) is 30.3. The number of carbonyl (C=O) groups excluding carboxylic acids is 2. The average molecular weight is 709 g/mol. The lowest BCUT2D eigenvalue weighted by atomic mass is 9.98. The quantitative estimate of drug-likeness (QED) is 0.171. The van der Waals surface area contributed by atoms with E-state index in [1.807, 2.05) is 63.5 Å². The van der Waals surface area contributed by atoms with E-state index in [0.717, 1.165) is 87.3 Å². The number of benzene rings is 4. The molecule has 4 heterocycles. The summed E-state index contributed by atoms with van der Waals surface area (Å²) in [4.78, 5) is 45.7. The maximum Gasteiger partial charge on any atom is 0.410 e. The SMILES string of the molecule is CC(C)(C)OC(=O)N1CCC[C@H]1c1ncc(-c2ccc3cc(-c4ccc(-c5cnc([C@@H]6CCCN6C(=O)OCc6ccccc6)[nH]5)cc4)ccc3c2)[nH]1. The zero-order chi connectivity index (χ0) is 36.5. The van der Waals surface area contributed by atoms with Crippen molar-refractivity contribution in [1.82, 2.24) is 29.7 Å². The van der Waals surface area contributed by atoms with E-state index in [1.54, 1.807) is 9.80 Å². The van der Waals surface area contributed by atoms with Crippen molar-refractivity contribution in [3.05, 3.63) is 121 Å². The van der Waals surface area contributed by atoms with Gasteiger partial charge < -0.3 is 19.4 Å². The minimum absolute atomic E-state index is 0.123. The van der Waals surface area contributed by atoms with E-state index in [4.69, 9.17) is 9.47 Å². The van der Waals surface area contributed by atoms with Crippen LogP contribution in [0.15, 0.2) is 103 Å². The molecule has 8 rings (SSSR count). The Bertz CT molecular complexity index is 2240. The predicted molar refractivity (Wildman–Crippen MR) is 205 cm³/mol. The summed E-state index contributed by atoms with van der Waals surface area (Å²) in [6.45, 7) is 7.23. The number of fused-ring (bicyclic) bond motifs is 1. The van der Waals surface area contributed by atoms with Gasteiger partial charge in [0.1, 0.15) is 23.9 Å². The summed E-state index contributed by atoms with van der Waals surface area (Å²) in [5.74, 6) is 1.56. The van der Waals surface area contributed by atoms with E-state index in [1.165, 1.54) is 0 Å². The van der Waals surface area contributed by atoms with Crippen LogP contribution in [-0.4, -0.2) is 60.6 Å². The molecule has 0 radical (unpaired) electrons. The van der Waals surface area contributed by atoms with Crippen LogP contribution < -0.4 is 0 Å². The zero-order valence-corrected chi connectivity index (χ0v) is 30.3. The summed E-state index contributed by atoms with van der Waals surface area (Å²) < 4.78 is 11.3. The molecule has 10 heteroatoms. The average Bonchev–Trinajstić information content (AvgIpc) is 4.00. The Morgan fingerprint density at radius 2 is 1.21 bits per heavy atom. The van der Waals surface area contributed by atoms with Gasteiger partial charge in [-0.1, -0.05) is 78.9 Å². The number of likely N-dealkylation sites (tertiary alicyclic amines) is 2. The van der Waals surface area contributed by atoms with Crippen molar-refractivity contribution in [3.8, 4) is 33.6 Å². The highest BCUT2D eigenvalue weighted by Crippen LogP contribution is 2.35. The van der Waals surface area contributed by atoms with Crippen LogP contribution in [0, 0.1) is 0 Å². The Balaban J connectivity index is 0.928. The second-order valence-corrected chi connectivity index (χ2v) is 14.9. The van der Waals surface area contributed by atoms with Gasteiger partial charge in [-0.2, -0.15) is 0 Å². The summed E-state index contributed by atoms with van der Waals surface area (Å²) in [6.07, 6.45) is 6.60. The number of aromatic nitrogens is 4. The highest BCUT2D eigenvalue weighted by atomic mass is 16.6. The standard InChI is InChI=1S/C43H44N6O4/c1-43(2,3)53-42(51)49-22-8-12-38(49)40-45-26-36(47-40)34-20-19-32-23-31(17-18-33(32)24-34)29-13-15-30(16-14-29)35-25-44-39(46-35)37-11-7-21-48(37)41(50)52-27-28-9-5-4-6-10-28/h4-6,9-10,13-20,23-26,37-38H,7-8,11-12,21-22,27H2,1-3H3,(H,44,46)(H,45,47)/t37-,38-/m0/s1. The van der Waals surface area contributed by atoms with Gasteiger partial charge in [0, 0.05) is 18.7 Å². The van der Waals surface area contributed by atoms with Crippen LogP contribution in [-0.2, 0) is 16.1 Å². The van der Waals surface area contributed by atoms with Crippen LogP contribution in [0.25, 0.3) is 44.4 Å². The van der Waals surface area contributed by atoms with Gasteiger partial charge in [-0.05, 0) is 91.6 Å². The highest BCUT2D eigenvalue weighted by Gasteiger charge is 2.35.